The molecule has 0 bridgehead atoms. The van der Waals surface area contributed by atoms with Crippen molar-refractivity contribution in [2.45, 2.75) is 39.7 Å². The molecule has 2 N–H and O–H groups in total. The smallest absolute Gasteiger partial charge is 0.258 e. The van der Waals surface area contributed by atoms with Gasteiger partial charge in [-0.15, -0.1) is 0 Å². The number of carbonyl (C=O) groups excluding carboxylic acids is 1. The number of hydrogen-bond donors (Lipinski definition) is 1. The number of nitrogen functional groups attached to an aromatic ring is 1. The molecule has 1 atom stereocenters. The summed E-state index contributed by atoms with van der Waals surface area (Å²) in [5.41, 5.74) is 7.87. The molecule has 1 amide bonds. The van der Waals surface area contributed by atoms with Crippen LogP contribution < -0.4 is 16.2 Å². The maximum Gasteiger partial charge on any atom is 0.258 e. The van der Waals surface area contributed by atoms with Gasteiger partial charge in [-0.05, 0) is 55.7 Å². The van der Waals surface area contributed by atoms with E-state index in [1.54, 1.807) is 17.2 Å². The molecule has 0 radical (unpaired) electrons. The Morgan fingerprint density at radius 1 is 1.17 bits per heavy atom. The highest BCUT2D eigenvalue weighted by Gasteiger charge is 2.30. The first-order valence-corrected chi connectivity index (χ1v) is 13.5. The summed E-state index contributed by atoms with van der Waals surface area (Å²) >= 11 is 0. The van der Waals surface area contributed by atoms with Gasteiger partial charge in [0.25, 0.3) is 5.56 Å². The van der Waals surface area contributed by atoms with Crippen molar-refractivity contribution in [3.05, 3.63) is 88.5 Å². The van der Waals surface area contributed by atoms with Crippen molar-refractivity contribution in [2.75, 3.05) is 30.3 Å². The van der Waals surface area contributed by atoms with Crippen LogP contribution in [-0.4, -0.2) is 51.0 Å². The molecule has 1 aromatic carbocycles. The van der Waals surface area contributed by atoms with E-state index in [0.717, 1.165) is 5.56 Å². The number of aryl methyl sites for hydroxylation is 1. The van der Waals surface area contributed by atoms with Gasteiger partial charge < -0.3 is 15.5 Å². The lowest BCUT2D eigenvalue weighted by atomic mass is 10.0. The fourth-order valence-corrected chi connectivity index (χ4v) is 5.55. The molecule has 0 aliphatic carbocycles. The van der Waals surface area contributed by atoms with Crippen molar-refractivity contribution >= 4 is 28.3 Å². The molecule has 1 aliphatic heterocycles. The molecule has 0 saturated carbocycles. The first-order valence-electron chi connectivity index (χ1n) is 13.5. The van der Waals surface area contributed by atoms with E-state index in [4.69, 9.17) is 5.73 Å². The SMILES string of the molecule is C=CC(=O)N1CCN(c2cc(=O)n(-c3c(C)ccnc3C(C)C)c3nc(-c4c(N)cccc4F)c(F)cc23)C(C)C1. The van der Waals surface area contributed by atoms with E-state index in [9.17, 15) is 14.0 Å². The van der Waals surface area contributed by atoms with E-state index in [1.807, 2.05) is 32.6 Å². The van der Waals surface area contributed by atoms with E-state index < -0.39 is 17.2 Å². The topological polar surface area (TPSA) is 97.4 Å². The number of pyridine rings is 3. The van der Waals surface area contributed by atoms with E-state index in [0.29, 0.717) is 42.1 Å². The number of nitrogens with zero attached hydrogens (tertiary/aromatic N) is 5. The Hall–Kier alpha value is -4.60. The number of piperazine rings is 1. The van der Waals surface area contributed by atoms with Crippen LogP contribution in [0.15, 0.2) is 60.0 Å². The van der Waals surface area contributed by atoms with Crippen LogP contribution in [0.2, 0.25) is 0 Å². The van der Waals surface area contributed by atoms with Crippen molar-refractivity contribution < 1.29 is 13.6 Å². The minimum Gasteiger partial charge on any atom is -0.398 e. The molecule has 8 nitrogen and oxygen atoms in total. The molecule has 5 rings (SSSR count). The fraction of sp³-hybridized carbons (Fsp3) is 0.290. The highest BCUT2D eigenvalue weighted by atomic mass is 19.1. The van der Waals surface area contributed by atoms with Crippen molar-refractivity contribution in [1.82, 2.24) is 19.4 Å². The number of fused-ring (bicyclic) bond motifs is 1. The van der Waals surface area contributed by atoms with Gasteiger partial charge >= 0.3 is 0 Å². The van der Waals surface area contributed by atoms with Crippen LogP contribution in [0.5, 0.6) is 0 Å². The lowest BCUT2D eigenvalue weighted by Gasteiger charge is -2.41. The number of aromatic nitrogens is 3. The van der Waals surface area contributed by atoms with Crippen LogP contribution in [0.25, 0.3) is 28.0 Å². The molecule has 1 saturated heterocycles. The van der Waals surface area contributed by atoms with Gasteiger partial charge in [0.15, 0.2) is 5.82 Å². The number of carbonyl (C=O) groups is 1. The monoisotopic (exact) mass is 558 g/mol. The molecular formula is C31H32F2N6O2. The molecule has 0 spiro atoms. The van der Waals surface area contributed by atoms with Gasteiger partial charge in [-0.25, -0.2) is 13.8 Å². The number of amides is 1. The highest BCUT2D eigenvalue weighted by molar-refractivity contribution is 5.94. The van der Waals surface area contributed by atoms with Crippen molar-refractivity contribution in [3.63, 3.8) is 0 Å². The van der Waals surface area contributed by atoms with Gasteiger partial charge in [0.1, 0.15) is 17.2 Å². The molecule has 1 fully saturated rings. The Bertz CT molecular complexity index is 1730. The van der Waals surface area contributed by atoms with Crippen LogP contribution in [0.1, 0.15) is 37.9 Å². The molecular weight excluding hydrogens is 526 g/mol. The van der Waals surface area contributed by atoms with Gasteiger partial charge in [-0.1, -0.05) is 26.5 Å². The first-order chi connectivity index (χ1) is 19.5. The third-order valence-electron chi connectivity index (χ3n) is 7.55. The van der Waals surface area contributed by atoms with E-state index in [1.165, 1.54) is 41.0 Å². The molecule has 1 aliphatic rings. The lowest BCUT2D eigenvalue weighted by molar-refractivity contribution is -0.126. The summed E-state index contributed by atoms with van der Waals surface area (Å²) in [5, 5.41) is 0.370. The Kier molecular flexibility index (Phi) is 7.33. The average Bonchev–Trinajstić information content (AvgIpc) is 2.93. The highest BCUT2D eigenvalue weighted by Crippen LogP contribution is 2.36. The Morgan fingerprint density at radius 2 is 1.93 bits per heavy atom. The molecule has 3 aromatic heterocycles. The number of halogens is 2. The minimum atomic E-state index is -0.777. The Labute approximate surface area is 236 Å². The Balaban J connectivity index is 1.83. The number of anilines is 2. The Morgan fingerprint density at radius 3 is 2.59 bits per heavy atom. The average molecular weight is 559 g/mol. The van der Waals surface area contributed by atoms with Gasteiger partial charge in [-0.2, -0.15) is 0 Å². The molecule has 41 heavy (non-hydrogen) atoms. The summed E-state index contributed by atoms with van der Waals surface area (Å²) in [4.78, 5) is 39.1. The summed E-state index contributed by atoms with van der Waals surface area (Å²) in [6, 6.07) is 8.46. The largest absolute Gasteiger partial charge is 0.398 e. The van der Waals surface area contributed by atoms with Gasteiger partial charge in [-0.3, -0.25) is 19.1 Å². The number of benzene rings is 1. The number of nitrogens with two attached hydrogens (primary N) is 1. The molecule has 4 aromatic rings. The third-order valence-corrected chi connectivity index (χ3v) is 7.55. The van der Waals surface area contributed by atoms with Crippen LogP contribution in [-0.2, 0) is 4.79 Å². The second-order valence-electron chi connectivity index (χ2n) is 10.6. The molecule has 10 heteroatoms. The predicted molar refractivity (Wildman–Crippen MR) is 157 cm³/mol. The zero-order valence-electron chi connectivity index (χ0n) is 23.5. The normalized spacial score (nSPS) is 15.5. The summed E-state index contributed by atoms with van der Waals surface area (Å²) in [6.45, 7) is 12.5. The quantitative estimate of drug-likeness (QED) is 0.275. The van der Waals surface area contributed by atoms with E-state index in [-0.39, 0.29) is 40.5 Å². The second-order valence-corrected chi connectivity index (χ2v) is 10.6. The second kappa shape index (κ2) is 10.8. The summed E-state index contributed by atoms with van der Waals surface area (Å²) < 4.78 is 32.3. The van der Waals surface area contributed by atoms with Gasteiger partial charge in [0.05, 0.1) is 22.6 Å². The predicted octanol–water partition coefficient (Wildman–Crippen LogP) is 4.96. The number of rotatable bonds is 5. The fourth-order valence-electron chi connectivity index (χ4n) is 5.55. The van der Waals surface area contributed by atoms with Crippen molar-refractivity contribution in [1.29, 1.82) is 0 Å². The molecule has 212 valence electrons. The van der Waals surface area contributed by atoms with Gasteiger partial charge in [0, 0.05) is 49.0 Å². The maximum atomic E-state index is 15.9. The minimum absolute atomic E-state index is 0.0258. The van der Waals surface area contributed by atoms with Crippen LogP contribution in [0.4, 0.5) is 20.2 Å². The third kappa shape index (κ3) is 4.83. The van der Waals surface area contributed by atoms with Crippen LogP contribution in [0, 0.1) is 18.6 Å². The molecule has 1 unspecified atom stereocenters. The summed E-state index contributed by atoms with van der Waals surface area (Å²) in [5.74, 6) is -1.72. The summed E-state index contributed by atoms with van der Waals surface area (Å²) in [6.07, 6.45) is 2.96. The van der Waals surface area contributed by atoms with Crippen molar-refractivity contribution in [2.24, 2.45) is 0 Å². The van der Waals surface area contributed by atoms with Crippen LogP contribution in [0.3, 0.4) is 0 Å². The van der Waals surface area contributed by atoms with Gasteiger partial charge in [0.2, 0.25) is 5.91 Å². The summed E-state index contributed by atoms with van der Waals surface area (Å²) in [7, 11) is 0. The lowest BCUT2D eigenvalue weighted by Crippen LogP contribution is -2.53. The van der Waals surface area contributed by atoms with Crippen LogP contribution >= 0.6 is 0 Å². The standard InChI is InChI=1S/C31H32F2N6O2/c1-6-25(40)37-12-13-38(19(5)16-37)24-15-26(41)39(30-18(4)10-11-35-28(30)17(2)3)31-20(24)14-22(33)29(36-31)27-21(32)8-7-9-23(27)34/h6-11,14-15,17,19H,1,12-13,16,34H2,2-5H3. The van der Waals surface area contributed by atoms with E-state index in [2.05, 4.69) is 16.5 Å². The maximum absolute atomic E-state index is 15.9. The molecule has 4 heterocycles. The zero-order chi connectivity index (χ0) is 29.6. The number of hydrogen-bond acceptors (Lipinski definition) is 6. The zero-order valence-corrected chi connectivity index (χ0v) is 23.5. The van der Waals surface area contributed by atoms with E-state index >= 15 is 4.39 Å². The van der Waals surface area contributed by atoms with Crippen molar-refractivity contribution in [3.8, 4) is 16.9 Å². The first kappa shape index (κ1) is 27.9.